The van der Waals surface area contributed by atoms with Gasteiger partial charge in [-0.25, -0.2) is 0 Å². The van der Waals surface area contributed by atoms with E-state index in [2.05, 4.69) is 28.1 Å². The fourth-order valence-electron chi connectivity index (χ4n) is 2.50. The summed E-state index contributed by atoms with van der Waals surface area (Å²) in [6, 6.07) is 19.4. The Morgan fingerprint density at radius 1 is 1.00 bits per heavy atom. The Morgan fingerprint density at radius 3 is 2.36 bits per heavy atom. The Morgan fingerprint density at radius 2 is 1.64 bits per heavy atom. The number of pyridine rings is 1. The average molecular weight is 421 g/mol. The molecule has 112 valence electrons. The van der Waals surface area contributed by atoms with E-state index >= 15 is 0 Å². The Bertz CT molecular complexity index is 794. The van der Waals surface area contributed by atoms with Gasteiger partial charge in [0.05, 0.1) is 0 Å². The fourth-order valence-corrected chi connectivity index (χ4v) is 2.77. The van der Waals surface area contributed by atoms with Crippen molar-refractivity contribution in [2.45, 2.75) is 13.0 Å². The number of Topliss-reactive ketones (excluding diaryl/α,β-unsaturated/α-hetero) is 1. The van der Waals surface area contributed by atoms with Crippen molar-refractivity contribution in [2.24, 2.45) is 0 Å². The second-order valence-electron chi connectivity index (χ2n) is 5.02. The van der Waals surface area contributed by atoms with Crippen molar-refractivity contribution in [2.75, 3.05) is 0 Å². The molecule has 0 spiro atoms. The summed E-state index contributed by atoms with van der Waals surface area (Å²) in [6.45, 7) is 1.94. The molecule has 0 fully saturated rings. The van der Waals surface area contributed by atoms with E-state index in [1.54, 1.807) is 0 Å². The van der Waals surface area contributed by atoms with Crippen LogP contribution < -0.4 is 21.5 Å². The normalized spacial score (nSPS) is 11.7. The lowest BCUT2D eigenvalue weighted by Gasteiger charge is -2.09. The third-order valence-electron chi connectivity index (χ3n) is 3.66. The molecule has 2 nitrogen and oxygen atoms in total. The van der Waals surface area contributed by atoms with Crippen LogP contribution in [0.5, 0.6) is 0 Å². The van der Waals surface area contributed by atoms with Crippen molar-refractivity contribution in [1.29, 1.82) is 0 Å². The first-order valence-corrected chi connectivity index (χ1v) is 7.65. The van der Waals surface area contributed by atoms with Crippen molar-refractivity contribution in [3.05, 3.63) is 76.9 Å². The van der Waals surface area contributed by atoms with Gasteiger partial charge in [0, 0.05) is 34.5 Å². The maximum Gasteiger partial charge on any atom is 0.230 e. The first-order valence-electron chi connectivity index (χ1n) is 6.85. The van der Waals surface area contributed by atoms with E-state index in [1.165, 1.54) is 0 Å². The Kier molecular flexibility index (Phi) is 5.48. The van der Waals surface area contributed by atoms with E-state index in [0.717, 1.165) is 20.9 Å². The summed E-state index contributed by atoms with van der Waals surface area (Å²) < 4.78 is 3.00. The fraction of sp³-hybridized carbons (Fsp3) is 0.111. The lowest BCUT2D eigenvalue weighted by Crippen LogP contribution is -3.00. The molecule has 0 aliphatic carbocycles. The number of para-hydroxylation sites is 1. The van der Waals surface area contributed by atoms with E-state index in [1.807, 2.05) is 66.2 Å². The average Bonchev–Trinajstić information content (AvgIpc) is 2.53. The molecule has 22 heavy (non-hydrogen) atoms. The highest BCUT2D eigenvalue weighted by atomic mass is 79.9. The van der Waals surface area contributed by atoms with Gasteiger partial charge in [-0.15, -0.1) is 0 Å². The van der Waals surface area contributed by atoms with Gasteiger partial charge < -0.3 is 17.0 Å². The third kappa shape index (κ3) is 3.28. The van der Waals surface area contributed by atoms with E-state index < -0.39 is 0 Å². The number of hydrogen-bond donors (Lipinski definition) is 0. The van der Waals surface area contributed by atoms with Crippen LogP contribution in [0.15, 0.2) is 71.3 Å². The van der Waals surface area contributed by atoms with Crippen LogP contribution in [-0.4, -0.2) is 5.78 Å². The molecule has 1 aromatic heterocycles. The van der Waals surface area contributed by atoms with Crippen LogP contribution >= 0.6 is 15.9 Å². The molecule has 0 N–H and O–H groups in total. The van der Waals surface area contributed by atoms with Crippen molar-refractivity contribution >= 4 is 32.6 Å². The molecule has 1 atom stereocenters. The van der Waals surface area contributed by atoms with E-state index in [9.17, 15) is 4.79 Å². The minimum absolute atomic E-state index is 0. The maximum absolute atomic E-state index is 12.7. The second kappa shape index (κ2) is 7.16. The minimum atomic E-state index is -0.239. The van der Waals surface area contributed by atoms with Gasteiger partial charge in [-0.2, -0.15) is 4.57 Å². The van der Waals surface area contributed by atoms with E-state index in [0.29, 0.717) is 0 Å². The third-order valence-corrected chi connectivity index (χ3v) is 4.19. The smallest absolute Gasteiger partial charge is 0.230 e. The van der Waals surface area contributed by atoms with Crippen LogP contribution in [0.3, 0.4) is 0 Å². The maximum atomic E-state index is 12.7. The standard InChI is InChI=1S/C18H15BrNO.BrH/c1-13(18(21)15-8-10-16(19)11-9-15)20-12-4-6-14-5-2-3-7-17(14)20;/h2-13H,1H3;1H/q+1;/p-1. The van der Waals surface area contributed by atoms with Crippen molar-refractivity contribution in [3.8, 4) is 0 Å². The number of rotatable bonds is 3. The van der Waals surface area contributed by atoms with Gasteiger partial charge in [-0.3, -0.25) is 4.79 Å². The monoisotopic (exact) mass is 419 g/mol. The Balaban J connectivity index is 0.00000176. The van der Waals surface area contributed by atoms with Crippen LogP contribution in [0, 0.1) is 0 Å². The molecule has 0 saturated heterocycles. The predicted molar refractivity (Wildman–Crippen MR) is 87.3 cm³/mol. The molecule has 3 aromatic rings. The summed E-state index contributed by atoms with van der Waals surface area (Å²) in [5, 5.41) is 1.13. The quantitative estimate of drug-likeness (QED) is 0.462. The highest BCUT2D eigenvalue weighted by Gasteiger charge is 2.25. The molecule has 1 unspecified atom stereocenters. The number of aromatic nitrogens is 1. The summed E-state index contributed by atoms with van der Waals surface area (Å²) in [4.78, 5) is 12.7. The van der Waals surface area contributed by atoms with Gasteiger partial charge in [0.1, 0.15) is 0 Å². The van der Waals surface area contributed by atoms with Gasteiger partial charge in [0.2, 0.25) is 17.3 Å². The van der Waals surface area contributed by atoms with Crippen molar-refractivity contribution < 1.29 is 26.3 Å². The number of halogens is 2. The van der Waals surface area contributed by atoms with Gasteiger partial charge in [0.15, 0.2) is 6.20 Å². The molecule has 0 aliphatic heterocycles. The Labute approximate surface area is 148 Å². The highest BCUT2D eigenvalue weighted by Crippen LogP contribution is 2.16. The van der Waals surface area contributed by atoms with Crippen LogP contribution in [-0.2, 0) is 0 Å². The summed E-state index contributed by atoms with van der Waals surface area (Å²) in [5.74, 6) is 0.115. The zero-order valence-electron chi connectivity index (χ0n) is 12.0. The van der Waals surface area contributed by atoms with Crippen molar-refractivity contribution in [3.63, 3.8) is 0 Å². The Hall–Kier alpha value is -1.52. The summed E-state index contributed by atoms with van der Waals surface area (Å²) in [7, 11) is 0. The zero-order valence-corrected chi connectivity index (χ0v) is 15.2. The molecule has 2 aromatic carbocycles. The second-order valence-corrected chi connectivity index (χ2v) is 5.94. The lowest BCUT2D eigenvalue weighted by molar-refractivity contribution is -0.679. The van der Waals surface area contributed by atoms with Gasteiger partial charge in [-0.05, 0) is 24.3 Å². The summed E-state index contributed by atoms with van der Waals surface area (Å²) >= 11 is 3.39. The van der Waals surface area contributed by atoms with Gasteiger partial charge in [0.25, 0.3) is 0 Å². The number of benzene rings is 2. The molecule has 3 rings (SSSR count). The molecular weight excluding hydrogens is 406 g/mol. The van der Waals surface area contributed by atoms with Gasteiger partial charge >= 0.3 is 0 Å². The molecule has 4 heteroatoms. The van der Waals surface area contributed by atoms with Crippen LogP contribution in [0.1, 0.15) is 23.3 Å². The summed E-state index contributed by atoms with van der Waals surface area (Å²) in [5.41, 5.74) is 1.80. The van der Waals surface area contributed by atoms with Crippen LogP contribution in [0.25, 0.3) is 10.9 Å². The van der Waals surface area contributed by atoms with E-state index in [4.69, 9.17) is 0 Å². The SMILES string of the molecule is CC(C(=O)c1ccc(Br)cc1)[n+]1cccc2ccccc21.[Br-]. The van der Waals surface area contributed by atoms with Crippen molar-refractivity contribution in [1.82, 2.24) is 0 Å². The van der Waals surface area contributed by atoms with Crippen LogP contribution in [0.4, 0.5) is 0 Å². The molecule has 0 aliphatic rings. The lowest BCUT2D eigenvalue weighted by atomic mass is 10.0. The number of hydrogen-bond acceptors (Lipinski definition) is 1. The zero-order chi connectivity index (χ0) is 14.8. The number of carbonyl (C=O) groups is 1. The molecular formula is C18H15Br2NO. The number of nitrogens with zero attached hydrogens (tertiary/aromatic N) is 1. The van der Waals surface area contributed by atoms with Crippen LogP contribution in [0.2, 0.25) is 0 Å². The molecule has 0 saturated carbocycles. The van der Waals surface area contributed by atoms with Gasteiger partial charge in [-0.1, -0.05) is 40.2 Å². The number of carbonyl (C=O) groups excluding carboxylic acids is 1. The highest BCUT2D eigenvalue weighted by molar-refractivity contribution is 9.10. The largest absolute Gasteiger partial charge is 1.00 e. The predicted octanol–water partition coefficient (Wildman–Crippen LogP) is 1.34. The first kappa shape index (κ1) is 16.8. The van der Waals surface area contributed by atoms with E-state index in [-0.39, 0.29) is 28.8 Å². The number of ketones is 1. The summed E-state index contributed by atoms with van der Waals surface area (Å²) in [6.07, 6.45) is 1.96. The molecule has 0 radical (unpaired) electrons. The molecule has 0 bridgehead atoms. The molecule has 1 heterocycles. The minimum Gasteiger partial charge on any atom is -1.00 e. The molecule has 0 amide bonds. The topological polar surface area (TPSA) is 20.9 Å². The first-order chi connectivity index (χ1) is 10.2. The number of fused-ring (bicyclic) bond motifs is 1.